The van der Waals surface area contributed by atoms with Gasteiger partial charge in [-0.25, -0.2) is 0 Å². The number of fused-ring (bicyclic) bond motifs is 2. The van der Waals surface area contributed by atoms with Gasteiger partial charge < -0.3 is 4.90 Å². The summed E-state index contributed by atoms with van der Waals surface area (Å²) in [5, 5.41) is 0. The summed E-state index contributed by atoms with van der Waals surface area (Å²) in [6.45, 7) is 7.18. The predicted molar refractivity (Wildman–Crippen MR) is 69.4 cm³/mol. The molecule has 2 atom stereocenters. The van der Waals surface area contributed by atoms with Crippen LogP contribution in [0.3, 0.4) is 0 Å². The SMILES string of the molecule is CC1(C)[C@@]2(C(=O)N3CCCC3)CC[C@@]1(C)C(=O)C2=O. The zero-order valence-electron chi connectivity index (χ0n) is 11.9. The van der Waals surface area contributed by atoms with E-state index in [1.165, 1.54) is 0 Å². The molecular weight excluding hydrogens is 242 g/mol. The van der Waals surface area contributed by atoms with Crippen molar-refractivity contribution in [1.29, 1.82) is 0 Å². The van der Waals surface area contributed by atoms with Gasteiger partial charge in [-0.15, -0.1) is 0 Å². The highest BCUT2D eigenvalue weighted by molar-refractivity contribution is 6.48. The minimum absolute atomic E-state index is 0.0884. The number of hydrogen-bond donors (Lipinski definition) is 0. The van der Waals surface area contributed by atoms with Gasteiger partial charge in [0.15, 0.2) is 0 Å². The van der Waals surface area contributed by atoms with Crippen molar-refractivity contribution in [2.45, 2.75) is 46.5 Å². The lowest BCUT2D eigenvalue weighted by molar-refractivity contribution is -0.154. The fourth-order valence-electron chi connectivity index (χ4n) is 4.43. The molecule has 4 nitrogen and oxygen atoms in total. The smallest absolute Gasteiger partial charge is 0.237 e. The second-order valence-electron chi connectivity index (χ2n) is 7.02. The Bertz CT molecular complexity index is 490. The maximum Gasteiger partial charge on any atom is 0.237 e. The van der Waals surface area contributed by atoms with Gasteiger partial charge in [0.25, 0.3) is 0 Å². The Hall–Kier alpha value is -1.19. The molecule has 2 saturated carbocycles. The monoisotopic (exact) mass is 263 g/mol. The van der Waals surface area contributed by atoms with Gasteiger partial charge in [-0.3, -0.25) is 14.4 Å². The van der Waals surface area contributed by atoms with Crippen molar-refractivity contribution in [3.05, 3.63) is 0 Å². The van der Waals surface area contributed by atoms with Crippen LogP contribution >= 0.6 is 0 Å². The van der Waals surface area contributed by atoms with E-state index in [9.17, 15) is 14.4 Å². The normalized spacial score (nSPS) is 40.3. The Kier molecular flexibility index (Phi) is 2.34. The Morgan fingerprint density at radius 2 is 1.58 bits per heavy atom. The van der Waals surface area contributed by atoms with Gasteiger partial charge in [-0.05, 0) is 31.1 Å². The zero-order chi connectivity index (χ0) is 14.1. The predicted octanol–water partition coefficient (Wildman–Crippen LogP) is 1.57. The quantitative estimate of drug-likeness (QED) is 0.533. The van der Waals surface area contributed by atoms with Crippen molar-refractivity contribution in [2.75, 3.05) is 13.1 Å². The van der Waals surface area contributed by atoms with E-state index in [1.807, 2.05) is 20.8 Å². The summed E-state index contributed by atoms with van der Waals surface area (Å²) in [4.78, 5) is 39.5. The van der Waals surface area contributed by atoms with Gasteiger partial charge in [0.1, 0.15) is 5.41 Å². The number of rotatable bonds is 1. The van der Waals surface area contributed by atoms with Gasteiger partial charge in [-0.2, -0.15) is 0 Å². The topological polar surface area (TPSA) is 54.5 Å². The fourth-order valence-corrected chi connectivity index (χ4v) is 4.43. The average Bonchev–Trinajstić information content (AvgIpc) is 2.97. The molecule has 0 spiro atoms. The van der Waals surface area contributed by atoms with Crippen LogP contribution in [0, 0.1) is 16.2 Å². The van der Waals surface area contributed by atoms with E-state index in [4.69, 9.17) is 0 Å². The first kappa shape index (κ1) is 12.8. The molecular formula is C15H21NO3. The highest BCUT2D eigenvalue weighted by atomic mass is 16.2. The summed E-state index contributed by atoms with van der Waals surface area (Å²) >= 11 is 0. The third kappa shape index (κ3) is 1.14. The van der Waals surface area contributed by atoms with Crippen LogP contribution in [-0.2, 0) is 14.4 Å². The highest BCUT2D eigenvalue weighted by Crippen LogP contribution is 2.69. The maximum atomic E-state index is 12.9. The van der Waals surface area contributed by atoms with Crippen LogP contribution in [0.1, 0.15) is 46.5 Å². The van der Waals surface area contributed by atoms with Crippen LogP contribution in [0.5, 0.6) is 0 Å². The summed E-state index contributed by atoms with van der Waals surface area (Å²) in [6.07, 6.45) is 3.20. The van der Waals surface area contributed by atoms with E-state index in [0.29, 0.717) is 12.8 Å². The molecule has 2 aliphatic carbocycles. The van der Waals surface area contributed by atoms with Crippen molar-refractivity contribution in [2.24, 2.45) is 16.2 Å². The molecule has 0 unspecified atom stereocenters. The van der Waals surface area contributed by atoms with E-state index < -0.39 is 22.0 Å². The molecule has 1 aliphatic heterocycles. The van der Waals surface area contributed by atoms with E-state index >= 15 is 0 Å². The number of likely N-dealkylation sites (tertiary alicyclic amines) is 1. The van der Waals surface area contributed by atoms with Crippen molar-refractivity contribution >= 4 is 17.5 Å². The largest absolute Gasteiger partial charge is 0.342 e. The molecule has 3 aliphatic rings. The summed E-state index contributed by atoms with van der Waals surface area (Å²) in [5.74, 6) is -0.839. The van der Waals surface area contributed by atoms with Crippen LogP contribution in [0.25, 0.3) is 0 Å². The molecule has 104 valence electrons. The average molecular weight is 263 g/mol. The lowest BCUT2D eigenvalue weighted by Crippen LogP contribution is -2.51. The van der Waals surface area contributed by atoms with E-state index in [-0.39, 0.29) is 11.7 Å². The number of Topliss-reactive ketones (excluding diaryl/α,β-unsaturated/α-hetero) is 2. The molecule has 1 saturated heterocycles. The maximum absolute atomic E-state index is 12.9. The highest BCUT2D eigenvalue weighted by Gasteiger charge is 2.78. The minimum atomic E-state index is -1.08. The number of nitrogens with zero attached hydrogens (tertiary/aromatic N) is 1. The third-order valence-corrected chi connectivity index (χ3v) is 6.30. The zero-order valence-corrected chi connectivity index (χ0v) is 11.9. The van der Waals surface area contributed by atoms with Crippen LogP contribution in [0.4, 0.5) is 0 Å². The van der Waals surface area contributed by atoms with Gasteiger partial charge in [0, 0.05) is 18.5 Å². The molecule has 19 heavy (non-hydrogen) atoms. The molecule has 0 aromatic carbocycles. The first-order chi connectivity index (χ1) is 8.79. The lowest BCUT2D eigenvalue weighted by Gasteiger charge is -2.39. The number of ketones is 2. The van der Waals surface area contributed by atoms with Gasteiger partial charge in [-0.1, -0.05) is 20.8 Å². The Morgan fingerprint density at radius 3 is 2.05 bits per heavy atom. The molecule has 0 aromatic rings. The molecule has 1 heterocycles. The van der Waals surface area contributed by atoms with Crippen LogP contribution in [0.2, 0.25) is 0 Å². The Labute approximate surface area is 113 Å². The second-order valence-corrected chi connectivity index (χ2v) is 7.02. The Balaban J connectivity index is 2.10. The van der Waals surface area contributed by atoms with Crippen molar-refractivity contribution in [1.82, 2.24) is 4.90 Å². The summed E-state index contributed by atoms with van der Waals surface area (Å²) in [7, 11) is 0. The molecule has 0 aromatic heterocycles. The number of carbonyl (C=O) groups excluding carboxylic acids is 3. The molecule has 2 bridgehead atoms. The van der Waals surface area contributed by atoms with Crippen molar-refractivity contribution in [3.8, 4) is 0 Å². The van der Waals surface area contributed by atoms with Gasteiger partial charge in [0.2, 0.25) is 17.5 Å². The number of amides is 1. The number of carbonyl (C=O) groups is 3. The standard InChI is InChI=1S/C15H21NO3/c1-13(2)14(3)6-7-15(13,11(18)10(14)17)12(19)16-8-4-5-9-16/h4-9H2,1-3H3/t14-,15-/m0/s1. The molecule has 4 heteroatoms. The van der Waals surface area contributed by atoms with Gasteiger partial charge >= 0.3 is 0 Å². The molecule has 0 N–H and O–H groups in total. The minimum Gasteiger partial charge on any atom is -0.342 e. The second kappa shape index (κ2) is 3.47. The summed E-state index contributed by atoms with van der Waals surface area (Å²) in [6, 6.07) is 0. The Morgan fingerprint density at radius 1 is 1.00 bits per heavy atom. The van der Waals surface area contributed by atoms with Crippen molar-refractivity contribution in [3.63, 3.8) is 0 Å². The van der Waals surface area contributed by atoms with Crippen molar-refractivity contribution < 1.29 is 14.4 Å². The van der Waals surface area contributed by atoms with E-state index in [1.54, 1.807) is 4.90 Å². The third-order valence-electron chi connectivity index (χ3n) is 6.30. The molecule has 3 rings (SSSR count). The van der Waals surface area contributed by atoms with E-state index in [0.717, 1.165) is 25.9 Å². The van der Waals surface area contributed by atoms with Crippen LogP contribution in [-0.4, -0.2) is 35.5 Å². The molecule has 3 fully saturated rings. The lowest BCUT2D eigenvalue weighted by atomic mass is 9.64. The summed E-state index contributed by atoms with van der Waals surface area (Å²) < 4.78 is 0. The summed E-state index contributed by atoms with van der Waals surface area (Å²) in [5.41, 5.74) is -2.30. The van der Waals surface area contributed by atoms with Crippen LogP contribution in [0.15, 0.2) is 0 Å². The van der Waals surface area contributed by atoms with Crippen LogP contribution < -0.4 is 0 Å². The first-order valence-corrected chi connectivity index (χ1v) is 7.18. The first-order valence-electron chi connectivity index (χ1n) is 7.18. The van der Waals surface area contributed by atoms with E-state index in [2.05, 4.69) is 0 Å². The molecule has 0 radical (unpaired) electrons. The molecule has 1 amide bonds. The number of hydrogen-bond acceptors (Lipinski definition) is 3. The van der Waals surface area contributed by atoms with Gasteiger partial charge in [0.05, 0.1) is 0 Å². The fraction of sp³-hybridized carbons (Fsp3) is 0.800.